The van der Waals surface area contributed by atoms with E-state index in [1.54, 1.807) is 6.20 Å². The quantitative estimate of drug-likeness (QED) is 0.902. The molecule has 1 N–H and O–H groups in total. The number of anilines is 1. The van der Waals surface area contributed by atoms with Gasteiger partial charge in [0, 0.05) is 16.9 Å². The average Bonchev–Trinajstić information content (AvgIpc) is 2.37. The van der Waals surface area contributed by atoms with Crippen LogP contribution in [-0.4, -0.2) is 4.98 Å². The van der Waals surface area contributed by atoms with E-state index in [4.69, 9.17) is 0 Å². The predicted molar refractivity (Wildman–Crippen MR) is 75.0 cm³/mol. The van der Waals surface area contributed by atoms with Crippen LogP contribution in [0.3, 0.4) is 0 Å². The topological polar surface area (TPSA) is 24.9 Å². The second kappa shape index (κ2) is 5.82. The fraction of sp³-hybridized carbons (Fsp3) is 0.214. The number of halogens is 1. The number of nitrogens with one attached hydrogen (secondary N) is 1. The van der Waals surface area contributed by atoms with E-state index in [-0.39, 0.29) is 0 Å². The van der Waals surface area contributed by atoms with Gasteiger partial charge in [-0.25, -0.2) is 0 Å². The van der Waals surface area contributed by atoms with Crippen LogP contribution in [-0.2, 0) is 0 Å². The van der Waals surface area contributed by atoms with Crippen molar-refractivity contribution >= 4 is 21.6 Å². The Morgan fingerprint density at radius 1 is 1.29 bits per heavy atom. The Morgan fingerprint density at radius 2 is 2.18 bits per heavy atom. The molecule has 2 rings (SSSR count). The van der Waals surface area contributed by atoms with Crippen LogP contribution in [0.2, 0.25) is 0 Å². The first-order valence-electron chi connectivity index (χ1n) is 5.71. The van der Waals surface area contributed by atoms with Crippen molar-refractivity contribution in [1.29, 1.82) is 0 Å². The van der Waals surface area contributed by atoms with Gasteiger partial charge in [0.25, 0.3) is 0 Å². The van der Waals surface area contributed by atoms with E-state index in [1.165, 1.54) is 5.56 Å². The molecular formula is C14H15BrN2. The fourth-order valence-corrected chi connectivity index (χ4v) is 2.21. The van der Waals surface area contributed by atoms with Crippen LogP contribution in [0.25, 0.3) is 0 Å². The molecule has 0 aliphatic carbocycles. The van der Waals surface area contributed by atoms with Crippen molar-refractivity contribution in [2.24, 2.45) is 0 Å². The molecule has 0 fully saturated rings. The van der Waals surface area contributed by atoms with Crippen molar-refractivity contribution in [3.8, 4) is 0 Å². The Bertz CT molecular complexity index is 471. The van der Waals surface area contributed by atoms with E-state index >= 15 is 0 Å². The van der Waals surface area contributed by atoms with E-state index in [0.717, 1.165) is 16.6 Å². The molecule has 0 aliphatic rings. The number of rotatable bonds is 4. The molecule has 0 spiro atoms. The van der Waals surface area contributed by atoms with Crippen LogP contribution in [0.4, 0.5) is 5.69 Å². The summed E-state index contributed by atoms with van der Waals surface area (Å²) in [7, 11) is 0. The van der Waals surface area contributed by atoms with Gasteiger partial charge in [0.2, 0.25) is 0 Å². The third-order valence-corrected chi connectivity index (χ3v) is 3.15. The Labute approximate surface area is 110 Å². The van der Waals surface area contributed by atoms with Crippen molar-refractivity contribution in [2.45, 2.75) is 19.4 Å². The molecule has 0 saturated carbocycles. The van der Waals surface area contributed by atoms with Gasteiger partial charge in [-0.05, 0) is 36.2 Å². The summed E-state index contributed by atoms with van der Waals surface area (Å²) >= 11 is 3.50. The average molecular weight is 291 g/mol. The molecule has 1 unspecified atom stereocenters. The molecular weight excluding hydrogens is 276 g/mol. The first-order chi connectivity index (χ1) is 8.29. The van der Waals surface area contributed by atoms with Crippen molar-refractivity contribution in [2.75, 3.05) is 5.32 Å². The van der Waals surface area contributed by atoms with Crippen molar-refractivity contribution in [1.82, 2.24) is 4.98 Å². The highest BCUT2D eigenvalue weighted by molar-refractivity contribution is 9.10. The second-order valence-corrected chi connectivity index (χ2v) is 4.82. The molecule has 1 aromatic carbocycles. The Balaban J connectivity index is 2.17. The minimum absolute atomic E-state index is 0.316. The molecule has 17 heavy (non-hydrogen) atoms. The van der Waals surface area contributed by atoms with E-state index in [9.17, 15) is 0 Å². The molecule has 0 aliphatic heterocycles. The van der Waals surface area contributed by atoms with Crippen molar-refractivity contribution in [3.05, 3.63) is 58.8 Å². The van der Waals surface area contributed by atoms with Crippen LogP contribution < -0.4 is 5.32 Å². The van der Waals surface area contributed by atoms with Gasteiger partial charge >= 0.3 is 0 Å². The molecule has 3 heteroatoms. The zero-order valence-corrected chi connectivity index (χ0v) is 11.3. The number of benzene rings is 1. The highest BCUT2D eigenvalue weighted by Crippen LogP contribution is 2.24. The predicted octanol–water partition coefficient (Wildman–Crippen LogP) is 4.41. The molecule has 0 radical (unpaired) electrons. The Hall–Kier alpha value is -1.35. The number of nitrogens with zero attached hydrogens (tertiary/aromatic N) is 1. The van der Waals surface area contributed by atoms with Crippen molar-refractivity contribution < 1.29 is 0 Å². The molecule has 1 aromatic heterocycles. The van der Waals surface area contributed by atoms with Gasteiger partial charge in [0.15, 0.2) is 0 Å². The standard InChI is InChI=1S/C14H15BrN2/c1-2-14(11-5-3-6-12(15)9-11)17-13-7-4-8-16-10-13/h3-10,14,17H,2H2,1H3. The van der Waals surface area contributed by atoms with Crippen LogP contribution in [0.1, 0.15) is 24.9 Å². The van der Waals surface area contributed by atoms with Crippen LogP contribution in [0.5, 0.6) is 0 Å². The van der Waals surface area contributed by atoms with Gasteiger partial charge in [-0.2, -0.15) is 0 Å². The molecule has 88 valence electrons. The summed E-state index contributed by atoms with van der Waals surface area (Å²) in [6, 6.07) is 12.7. The molecule has 2 nitrogen and oxygen atoms in total. The maximum absolute atomic E-state index is 4.11. The van der Waals surface area contributed by atoms with E-state index in [1.807, 2.05) is 24.4 Å². The summed E-state index contributed by atoms with van der Waals surface area (Å²) in [6.45, 7) is 2.18. The largest absolute Gasteiger partial charge is 0.377 e. The molecule has 0 bridgehead atoms. The SMILES string of the molecule is CCC(Nc1cccnc1)c1cccc(Br)c1. The summed E-state index contributed by atoms with van der Waals surface area (Å²) < 4.78 is 1.11. The summed E-state index contributed by atoms with van der Waals surface area (Å²) in [5, 5.41) is 3.49. The maximum atomic E-state index is 4.11. The first kappa shape index (κ1) is 12.1. The van der Waals surface area contributed by atoms with E-state index < -0.39 is 0 Å². The highest BCUT2D eigenvalue weighted by Gasteiger charge is 2.09. The maximum Gasteiger partial charge on any atom is 0.0531 e. The number of hydrogen-bond donors (Lipinski definition) is 1. The summed E-state index contributed by atoms with van der Waals surface area (Å²) in [5.74, 6) is 0. The Kier molecular flexibility index (Phi) is 4.15. The smallest absolute Gasteiger partial charge is 0.0531 e. The number of pyridine rings is 1. The first-order valence-corrected chi connectivity index (χ1v) is 6.51. The van der Waals surface area contributed by atoms with Crippen LogP contribution in [0.15, 0.2) is 53.3 Å². The highest BCUT2D eigenvalue weighted by atomic mass is 79.9. The summed E-state index contributed by atoms with van der Waals surface area (Å²) in [6.07, 6.45) is 4.66. The fourth-order valence-electron chi connectivity index (χ4n) is 1.79. The number of hydrogen-bond acceptors (Lipinski definition) is 2. The number of aromatic nitrogens is 1. The zero-order chi connectivity index (χ0) is 12.1. The summed E-state index contributed by atoms with van der Waals surface area (Å²) in [5.41, 5.74) is 2.34. The lowest BCUT2D eigenvalue weighted by Gasteiger charge is -2.18. The van der Waals surface area contributed by atoms with Crippen molar-refractivity contribution in [3.63, 3.8) is 0 Å². The lowest BCUT2D eigenvalue weighted by molar-refractivity contribution is 0.748. The lowest BCUT2D eigenvalue weighted by Crippen LogP contribution is -2.09. The minimum Gasteiger partial charge on any atom is -0.377 e. The zero-order valence-electron chi connectivity index (χ0n) is 9.73. The third kappa shape index (κ3) is 3.30. The normalized spacial score (nSPS) is 12.1. The van der Waals surface area contributed by atoms with Crippen LogP contribution >= 0.6 is 15.9 Å². The minimum atomic E-state index is 0.316. The van der Waals surface area contributed by atoms with E-state index in [2.05, 4.69) is 51.4 Å². The second-order valence-electron chi connectivity index (χ2n) is 3.90. The summed E-state index contributed by atoms with van der Waals surface area (Å²) in [4.78, 5) is 4.11. The van der Waals surface area contributed by atoms with Gasteiger partial charge in [0.1, 0.15) is 0 Å². The van der Waals surface area contributed by atoms with Gasteiger partial charge in [-0.3, -0.25) is 4.98 Å². The molecule has 1 atom stereocenters. The van der Waals surface area contributed by atoms with Gasteiger partial charge in [0.05, 0.1) is 11.7 Å². The molecule has 2 aromatic rings. The third-order valence-electron chi connectivity index (χ3n) is 2.66. The molecule has 0 saturated heterocycles. The molecule has 0 amide bonds. The molecule has 1 heterocycles. The lowest BCUT2D eigenvalue weighted by atomic mass is 10.0. The van der Waals surface area contributed by atoms with Gasteiger partial charge in [-0.1, -0.05) is 35.0 Å². The Morgan fingerprint density at radius 3 is 2.82 bits per heavy atom. The monoisotopic (exact) mass is 290 g/mol. The van der Waals surface area contributed by atoms with Gasteiger partial charge in [-0.15, -0.1) is 0 Å². The van der Waals surface area contributed by atoms with Crippen LogP contribution in [0, 0.1) is 0 Å². The van der Waals surface area contributed by atoms with E-state index in [0.29, 0.717) is 6.04 Å². The van der Waals surface area contributed by atoms with Gasteiger partial charge < -0.3 is 5.32 Å².